The highest BCUT2D eigenvalue weighted by molar-refractivity contribution is 7.92. The van der Waals surface area contributed by atoms with E-state index in [4.69, 9.17) is 31.5 Å². The monoisotopic (exact) mass is 672 g/mol. The minimum Gasteiger partial charge on any atom is -0.493 e. The Morgan fingerprint density at radius 3 is 2.33 bits per heavy atom. The summed E-state index contributed by atoms with van der Waals surface area (Å²) in [6, 6.07) is 12.2. The van der Waals surface area contributed by atoms with Gasteiger partial charge in [0.05, 0.1) is 48.2 Å². The molecular weight excluding hydrogens is 636 g/mol. The Kier molecular flexibility index (Phi) is 10.7. The van der Waals surface area contributed by atoms with Crippen LogP contribution in [0.15, 0.2) is 59.5 Å². The molecule has 0 saturated carbocycles. The lowest BCUT2D eigenvalue weighted by Gasteiger charge is -2.32. The topological polar surface area (TPSA) is 166 Å². The maximum Gasteiger partial charge on any atom is 0.411 e. The van der Waals surface area contributed by atoms with Crippen molar-refractivity contribution in [1.29, 1.82) is 0 Å². The van der Waals surface area contributed by atoms with Crippen molar-refractivity contribution in [3.8, 4) is 11.5 Å². The summed E-state index contributed by atoms with van der Waals surface area (Å²) in [5.74, 6) is -0.243. The molecule has 2 atom stereocenters. The molecule has 1 saturated heterocycles. The molecule has 0 spiro atoms. The molecule has 3 aromatic rings. The van der Waals surface area contributed by atoms with Gasteiger partial charge in [0.2, 0.25) is 11.8 Å². The predicted molar refractivity (Wildman–Crippen MR) is 174 cm³/mol. The van der Waals surface area contributed by atoms with Crippen molar-refractivity contribution in [2.24, 2.45) is 5.73 Å². The van der Waals surface area contributed by atoms with Crippen molar-refractivity contribution in [2.75, 3.05) is 38.5 Å². The Hall–Kier alpha value is -4.49. The summed E-state index contributed by atoms with van der Waals surface area (Å²) < 4.78 is 42.7. The lowest BCUT2D eigenvalue weighted by Crippen LogP contribution is -2.38. The Labute approximate surface area is 273 Å². The normalized spacial score (nSPS) is 15.3. The number of likely N-dealkylation sites (tertiary alicyclic amines) is 1. The smallest absolute Gasteiger partial charge is 0.411 e. The SMILES string of the molecule is COC(=O)Nc1ccc(S(=O)(=O)C(C)C)c([C@H]2CCCN2C(=O)[C@@H](Nc2cc(C(N)=O)ccc2Cl)c2ccc(OC)c(OC)c2)c1. The summed E-state index contributed by atoms with van der Waals surface area (Å²) in [4.78, 5) is 40.3. The van der Waals surface area contributed by atoms with Crippen LogP contribution in [0.2, 0.25) is 5.02 Å². The molecule has 4 rings (SSSR count). The van der Waals surface area contributed by atoms with Crippen LogP contribution >= 0.6 is 11.6 Å². The van der Waals surface area contributed by atoms with Gasteiger partial charge in [0.15, 0.2) is 21.3 Å². The third-order valence-electron chi connectivity index (χ3n) is 7.80. The first-order chi connectivity index (χ1) is 21.8. The molecule has 3 amide bonds. The maximum absolute atomic E-state index is 14.6. The molecule has 12 nitrogen and oxygen atoms in total. The highest BCUT2D eigenvalue weighted by atomic mass is 35.5. The number of hydrogen-bond acceptors (Lipinski definition) is 9. The zero-order chi connectivity index (χ0) is 33.8. The number of carbonyl (C=O) groups is 3. The number of nitrogens with two attached hydrogens (primary N) is 1. The second kappa shape index (κ2) is 14.3. The second-order valence-electron chi connectivity index (χ2n) is 10.9. The van der Waals surface area contributed by atoms with Crippen LogP contribution in [0.25, 0.3) is 0 Å². The van der Waals surface area contributed by atoms with Crippen molar-refractivity contribution in [3.05, 3.63) is 76.3 Å². The van der Waals surface area contributed by atoms with Gasteiger partial charge in [-0.2, -0.15) is 0 Å². The summed E-state index contributed by atoms with van der Waals surface area (Å²) in [5, 5.41) is 5.27. The molecule has 0 aliphatic carbocycles. The summed E-state index contributed by atoms with van der Waals surface area (Å²) >= 11 is 6.50. The van der Waals surface area contributed by atoms with Gasteiger partial charge in [-0.25, -0.2) is 13.2 Å². The molecule has 0 radical (unpaired) electrons. The first kappa shape index (κ1) is 34.4. The fourth-order valence-electron chi connectivity index (χ4n) is 5.35. The van der Waals surface area contributed by atoms with E-state index in [1.807, 2.05) is 0 Å². The standard InChI is InChI=1S/C32H37ClN4O8S/c1-18(2)46(41,42)28-13-10-21(35-32(40)45-5)17-22(28)25-7-6-14-37(25)31(39)29(19-9-12-26(43-3)27(16-19)44-4)36-24-15-20(30(34)38)8-11-23(24)33/h8-13,15-18,25,29,36H,6-7,14H2,1-5H3,(H2,34,38)(H,35,40)/t25-,29+/m1/s1. The summed E-state index contributed by atoms with van der Waals surface area (Å²) in [6.07, 6.45) is 0.325. The molecule has 4 N–H and O–H groups in total. The first-order valence-corrected chi connectivity index (χ1v) is 16.4. The third kappa shape index (κ3) is 7.15. The molecule has 0 unspecified atom stereocenters. The lowest BCUT2D eigenvalue weighted by atomic mass is 10.0. The number of ether oxygens (including phenoxy) is 3. The molecule has 1 aliphatic heterocycles. The average Bonchev–Trinajstić information content (AvgIpc) is 3.53. The number of sulfone groups is 1. The van der Waals surface area contributed by atoms with Crippen molar-refractivity contribution in [1.82, 2.24) is 4.90 Å². The van der Waals surface area contributed by atoms with E-state index in [0.29, 0.717) is 47.7 Å². The Morgan fingerprint density at radius 1 is 0.978 bits per heavy atom. The van der Waals surface area contributed by atoms with E-state index < -0.39 is 45.1 Å². The summed E-state index contributed by atoms with van der Waals surface area (Å²) in [7, 11) is 0.398. The van der Waals surface area contributed by atoms with Crippen molar-refractivity contribution in [2.45, 2.75) is 48.9 Å². The molecule has 246 valence electrons. The number of methoxy groups -OCH3 is 3. The van der Waals surface area contributed by atoms with E-state index in [2.05, 4.69) is 10.6 Å². The van der Waals surface area contributed by atoms with E-state index >= 15 is 0 Å². The maximum atomic E-state index is 14.6. The minimum absolute atomic E-state index is 0.0652. The van der Waals surface area contributed by atoms with Gasteiger partial charge in [0, 0.05) is 17.8 Å². The van der Waals surface area contributed by atoms with Crippen LogP contribution in [0, 0.1) is 0 Å². The van der Waals surface area contributed by atoms with E-state index in [0.717, 1.165) is 0 Å². The van der Waals surface area contributed by atoms with Crippen LogP contribution in [0.4, 0.5) is 16.2 Å². The van der Waals surface area contributed by atoms with Crippen LogP contribution in [0.5, 0.6) is 11.5 Å². The Morgan fingerprint density at radius 2 is 1.70 bits per heavy atom. The average molecular weight is 673 g/mol. The number of primary amides is 1. The van der Waals surface area contributed by atoms with Gasteiger partial charge in [-0.05, 0) is 86.3 Å². The van der Waals surface area contributed by atoms with Gasteiger partial charge < -0.3 is 30.2 Å². The predicted octanol–water partition coefficient (Wildman–Crippen LogP) is 5.33. The number of rotatable bonds is 11. The molecule has 0 aromatic heterocycles. The van der Waals surface area contributed by atoms with Gasteiger partial charge in [-0.1, -0.05) is 17.7 Å². The number of benzene rings is 3. The van der Waals surface area contributed by atoms with Gasteiger partial charge in [0.1, 0.15) is 6.04 Å². The minimum atomic E-state index is -3.79. The van der Waals surface area contributed by atoms with Gasteiger partial charge in [0.25, 0.3) is 0 Å². The van der Waals surface area contributed by atoms with Crippen molar-refractivity contribution in [3.63, 3.8) is 0 Å². The zero-order valence-electron chi connectivity index (χ0n) is 26.1. The molecule has 3 aromatic carbocycles. The van der Waals surface area contributed by atoms with Crippen LogP contribution < -0.4 is 25.8 Å². The van der Waals surface area contributed by atoms with Crippen molar-refractivity contribution < 1.29 is 37.0 Å². The van der Waals surface area contributed by atoms with Gasteiger partial charge in [-0.3, -0.25) is 14.9 Å². The molecule has 14 heteroatoms. The van der Waals surface area contributed by atoms with Crippen molar-refractivity contribution >= 4 is 50.7 Å². The number of nitrogens with zero attached hydrogens (tertiary/aromatic N) is 1. The Balaban J connectivity index is 1.85. The fraction of sp³-hybridized carbons (Fsp3) is 0.344. The zero-order valence-corrected chi connectivity index (χ0v) is 27.7. The highest BCUT2D eigenvalue weighted by Crippen LogP contribution is 2.41. The van der Waals surface area contributed by atoms with E-state index in [9.17, 15) is 22.8 Å². The largest absolute Gasteiger partial charge is 0.493 e. The Bertz CT molecular complexity index is 1750. The molecule has 1 aliphatic rings. The van der Waals surface area contributed by atoms with Crippen LogP contribution in [-0.2, 0) is 19.4 Å². The van der Waals surface area contributed by atoms with Gasteiger partial charge >= 0.3 is 6.09 Å². The second-order valence-corrected chi connectivity index (χ2v) is 13.8. The van der Waals surface area contributed by atoms with E-state index in [-0.39, 0.29) is 21.2 Å². The summed E-state index contributed by atoms with van der Waals surface area (Å²) in [6.45, 7) is 3.48. The molecule has 46 heavy (non-hydrogen) atoms. The molecule has 1 fully saturated rings. The number of hydrogen-bond donors (Lipinski definition) is 3. The van der Waals surface area contributed by atoms with Crippen LogP contribution in [0.1, 0.15) is 60.3 Å². The number of amides is 3. The fourth-order valence-corrected chi connectivity index (χ4v) is 6.81. The quantitative estimate of drug-likeness (QED) is 0.244. The van der Waals surface area contributed by atoms with Crippen LogP contribution in [0.3, 0.4) is 0 Å². The number of carbonyl (C=O) groups excluding carboxylic acids is 3. The first-order valence-electron chi connectivity index (χ1n) is 14.4. The highest BCUT2D eigenvalue weighted by Gasteiger charge is 2.38. The molecule has 0 bridgehead atoms. The number of nitrogens with one attached hydrogen (secondary N) is 2. The molecule has 1 heterocycles. The number of halogens is 1. The summed E-state index contributed by atoms with van der Waals surface area (Å²) in [5.41, 5.74) is 7.15. The van der Waals surface area contributed by atoms with Gasteiger partial charge in [-0.15, -0.1) is 0 Å². The third-order valence-corrected chi connectivity index (χ3v) is 10.4. The van der Waals surface area contributed by atoms with Crippen LogP contribution in [-0.4, -0.2) is 64.3 Å². The molecular formula is C32H37ClN4O8S. The van der Waals surface area contributed by atoms with E-state index in [1.54, 1.807) is 43.0 Å². The number of anilines is 2. The lowest BCUT2D eigenvalue weighted by molar-refractivity contribution is -0.133. The van der Waals surface area contributed by atoms with E-state index in [1.165, 1.54) is 51.7 Å².